The molecule has 0 spiro atoms. The first-order valence-electron chi connectivity index (χ1n) is 5.05. The number of halogens is 2. The van der Waals surface area contributed by atoms with E-state index < -0.39 is 5.82 Å². The average Bonchev–Trinajstić information content (AvgIpc) is 2.29. The molecule has 2 aromatic rings. The lowest BCUT2D eigenvalue weighted by Gasteiger charge is -2.09. The number of benzene rings is 2. The lowest BCUT2D eigenvalue weighted by molar-refractivity contribution is 0.473. The molecule has 2 aromatic carbocycles. The zero-order valence-electron chi connectivity index (χ0n) is 9.21. The molecule has 0 saturated heterocycles. The summed E-state index contributed by atoms with van der Waals surface area (Å²) < 4.78 is 31.6. The van der Waals surface area contributed by atoms with E-state index in [1.54, 1.807) is 19.1 Å². The SMILES string of the molecule is Cc1ccc(Oc2cc(F)ccc2N)cc1F. The highest BCUT2D eigenvalue weighted by molar-refractivity contribution is 5.53. The van der Waals surface area contributed by atoms with Crippen molar-refractivity contribution in [3.8, 4) is 11.5 Å². The van der Waals surface area contributed by atoms with Crippen LogP contribution in [0.4, 0.5) is 14.5 Å². The van der Waals surface area contributed by atoms with Gasteiger partial charge in [0.15, 0.2) is 5.75 Å². The Morgan fingerprint density at radius 2 is 1.82 bits per heavy atom. The van der Waals surface area contributed by atoms with Crippen molar-refractivity contribution in [2.24, 2.45) is 0 Å². The Kier molecular flexibility index (Phi) is 2.95. The minimum absolute atomic E-state index is 0.174. The van der Waals surface area contributed by atoms with Gasteiger partial charge in [-0.3, -0.25) is 0 Å². The van der Waals surface area contributed by atoms with E-state index in [0.717, 1.165) is 6.07 Å². The highest BCUT2D eigenvalue weighted by Crippen LogP contribution is 2.28. The lowest BCUT2D eigenvalue weighted by atomic mass is 10.2. The van der Waals surface area contributed by atoms with Crippen molar-refractivity contribution in [2.75, 3.05) is 5.73 Å². The highest BCUT2D eigenvalue weighted by atomic mass is 19.1. The van der Waals surface area contributed by atoms with Gasteiger partial charge in [0.1, 0.15) is 17.4 Å². The van der Waals surface area contributed by atoms with Crippen molar-refractivity contribution >= 4 is 5.69 Å². The number of nitrogens with two attached hydrogens (primary N) is 1. The predicted octanol–water partition coefficient (Wildman–Crippen LogP) is 3.65. The molecule has 0 saturated carbocycles. The van der Waals surface area contributed by atoms with Crippen LogP contribution in [0.25, 0.3) is 0 Å². The summed E-state index contributed by atoms with van der Waals surface area (Å²) in [5, 5.41) is 0. The van der Waals surface area contributed by atoms with Crippen LogP contribution in [0.5, 0.6) is 11.5 Å². The molecule has 0 aliphatic carbocycles. The molecule has 0 fully saturated rings. The summed E-state index contributed by atoms with van der Waals surface area (Å²) in [6.07, 6.45) is 0. The summed E-state index contributed by atoms with van der Waals surface area (Å²) in [4.78, 5) is 0. The van der Waals surface area contributed by atoms with Gasteiger partial charge in [0.2, 0.25) is 0 Å². The molecule has 0 atom stereocenters. The number of aryl methyl sites for hydroxylation is 1. The van der Waals surface area contributed by atoms with E-state index in [1.807, 2.05) is 0 Å². The predicted molar refractivity (Wildman–Crippen MR) is 62.0 cm³/mol. The van der Waals surface area contributed by atoms with Crippen molar-refractivity contribution in [3.05, 3.63) is 53.6 Å². The third kappa shape index (κ3) is 2.53. The summed E-state index contributed by atoms with van der Waals surface area (Å²) in [6.45, 7) is 1.65. The summed E-state index contributed by atoms with van der Waals surface area (Å²) in [5.41, 5.74) is 6.44. The normalized spacial score (nSPS) is 10.3. The third-order valence-corrected chi connectivity index (χ3v) is 2.35. The Morgan fingerprint density at radius 3 is 2.53 bits per heavy atom. The minimum atomic E-state index is -0.457. The molecule has 0 bridgehead atoms. The van der Waals surface area contributed by atoms with Gasteiger partial charge in [-0.25, -0.2) is 8.78 Å². The van der Waals surface area contributed by atoms with Crippen molar-refractivity contribution in [3.63, 3.8) is 0 Å². The van der Waals surface area contributed by atoms with Gasteiger partial charge < -0.3 is 10.5 Å². The molecule has 0 aliphatic heterocycles. The third-order valence-electron chi connectivity index (χ3n) is 2.35. The van der Waals surface area contributed by atoms with Gasteiger partial charge in [-0.2, -0.15) is 0 Å². The molecular formula is C13H11F2NO. The molecule has 0 radical (unpaired) electrons. The Bertz CT molecular complexity index is 555. The Balaban J connectivity index is 2.31. The number of nitrogen functional groups attached to an aromatic ring is 1. The van der Waals surface area contributed by atoms with E-state index in [2.05, 4.69) is 0 Å². The van der Waals surface area contributed by atoms with Crippen LogP contribution >= 0.6 is 0 Å². The maximum atomic E-state index is 13.3. The molecule has 0 aromatic heterocycles. The van der Waals surface area contributed by atoms with Crippen LogP contribution in [-0.4, -0.2) is 0 Å². The monoisotopic (exact) mass is 235 g/mol. The first kappa shape index (κ1) is 11.4. The molecule has 0 aliphatic rings. The molecule has 2 N–H and O–H groups in total. The zero-order valence-corrected chi connectivity index (χ0v) is 9.21. The first-order chi connectivity index (χ1) is 8.06. The molecule has 88 valence electrons. The van der Waals surface area contributed by atoms with Gasteiger partial charge in [0.05, 0.1) is 5.69 Å². The number of hydrogen-bond donors (Lipinski definition) is 1. The second-order valence-electron chi connectivity index (χ2n) is 3.70. The number of anilines is 1. The van der Waals surface area contributed by atoms with Crippen molar-refractivity contribution < 1.29 is 13.5 Å². The second-order valence-corrected chi connectivity index (χ2v) is 3.70. The quantitative estimate of drug-likeness (QED) is 0.806. The Labute approximate surface area is 97.6 Å². The number of ether oxygens (including phenoxy) is 1. The van der Waals surface area contributed by atoms with Crippen LogP contribution in [0.2, 0.25) is 0 Å². The van der Waals surface area contributed by atoms with Crippen LogP contribution < -0.4 is 10.5 Å². The van der Waals surface area contributed by atoms with E-state index in [-0.39, 0.29) is 17.3 Å². The van der Waals surface area contributed by atoms with Crippen LogP contribution in [-0.2, 0) is 0 Å². The van der Waals surface area contributed by atoms with Crippen molar-refractivity contribution in [1.82, 2.24) is 0 Å². The van der Waals surface area contributed by atoms with E-state index in [9.17, 15) is 8.78 Å². The van der Waals surface area contributed by atoms with E-state index in [4.69, 9.17) is 10.5 Å². The number of hydrogen-bond acceptors (Lipinski definition) is 2. The van der Waals surface area contributed by atoms with Crippen LogP contribution in [0.15, 0.2) is 36.4 Å². The first-order valence-corrected chi connectivity index (χ1v) is 5.05. The fourth-order valence-electron chi connectivity index (χ4n) is 1.36. The van der Waals surface area contributed by atoms with Crippen LogP contribution in [0.1, 0.15) is 5.56 Å². The topological polar surface area (TPSA) is 35.2 Å². The summed E-state index contributed by atoms with van der Waals surface area (Å²) in [5.74, 6) is -0.377. The van der Waals surface area contributed by atoms with Gasteiger partial charge >= 0.3 is 0 Å². The van der Waals surface area contributed by atoms with E-state index >= 15 is 0 Å². The molecule has 0 heterocycles. The molecule has 2 rings (SSSR count). The van der Waals surface area contributed by atoms with Crippen LogP contribution in [0, 0.1) is 18.6 Å². The van der Waals surface area contributed by atoms with Gasteiger partial charge in [0, 0.05) is 12.1 Å². The molecule has 0 amide bonds. The van der Waals surface area contributed by atoms with Crippen molar-refractivity contribution in [2.45, 2.75) is 6.92 Å². The van der Waals surface area contributed by atoms with Gasteiger partial charge in [-0.05, 0) is 30.7 Å². The second kappa shape index (κ2) is 4.41. The highest BCUT2D eigenvalue weighted by Gasteiger charge is 2.05. The minimum Gasteiger partial charge on any atom is -0.455 e. The maximum absolute atomic E-state index is 13.3. The molecule has 0 unspecified atom stereocenters. The zero-order chi connectivity index (χ0) is 12.4. The summed E-state index contributed by atoms with van der Waals surface area (Å²) in [7, 11) is 0. The van der Waals surface area contributed by atoms with Gasteiger partial charge in [-0.15, -0.1) is 0 Å². The van der Waals surface area contributed by atoms with Gasteiger partial charge in [-0.1, -0.05) is 6.07 Å². The molecule has 17 heavy (non-hydrogen) atoms. The van der Waals surface area contributed by atoms with E-state index in [0.29, 0.717) is 11.3 Å². The molecule has 2 nitrogen and oxygen atoms in total. The largest absolute Gasteiger partial charge is 0.455 e. The Morgan fingerprint density at radius 1 is 1.06 bits per heavy atom. The summed E-state index contributed by atoms with van der Waals surface area (Å²) in [6, 6.07) is 8.21. The van der Waals surface area contributed by atoms with Crippen LogP contribution in [0.3, 0.4) is 0 Å². The standard InChI is InChI=1S/C13H11F2NO/c1-8-2-4-10(7-11(8)15)17-13-6-9(14)3-5-12(13)16/h2-7H,16H2,1H3. The molecule has 4 heteroatoms. The van der Waals surface area contributed by atoms with Gasteiger partial charge in [0.25, 0.3) is 0 Å². The fourth-order valence-corrected chi connectivity index (χ4v) is 1.36. The average molecular weight is 235 g/mol. The fraction of sp³-hybridized carbons (Fsp3) is 0.0769. The lowest BCUT2D eigenvalue weighted by Crippen LogP contribution is -1.93. The smallest absolute Gasteiger partial charge is 0.153 e. The Hall–Kier alpha value is -2.10. The van der Waals surface area contributed by atoms with E-state index in [1.165, 1.54) is 18.2 Å². The maximum Gasteiger partial charge on any atom is 0.153 e. The summed E-state index contributed by atoms with van der Waals surface area (Å²) >= 11 is 0. The molecular weight excluding hydrogens is 224 g/mol. The van der Waals surface area contributed by atoms with Crippen molar-refractivity contribution in [1.29, 1.82) is 0 Å². The number of rotatable bonds is 2.